The van der Waals surface area contributed by atoms with Gasteiger partial charge in [-0.25, -0.2) is 9.78 Å². The van der Waals surface area contributed by atoms with Crippen molar-refractivity contribution in [3.8, 4) is 11.4 Å². The molecule has 8 nitrogen and oxygen atoms in total. The van der Waals surface area contributed by atoms with Gasteiger partial charge in [-0.1, -0.05) is 49.6 Å². The van der Waals surface area contributed by atoms with Gasteiger partial charge < -0.3 is 24.3 Å². The van der Waals surface area contributed by atoms with Crippen LogP contribution in [0.1, 0.15) is 120 Å². The number of likely N-dealkylation sites (tertiary alicyclic amines) is 1. The molecule has 2 atom stereocenters. The molecule has 2 aromatic carbocycles. The average molecular weight is 669 g/mol. The molecule has 3 heterocycles. The third-order valence-electron chi connectivity index (χ3n) is 10.9. The molecule has 1 aliphatic carbocycles. The SMILES string of the molecule is C[C@@H](CC(CCCNC(=O)OC(C)(C)C)(Cc1ncn2c1CCc1cc(C3CCCCC3)ccc1-2)C(=O)Oc1ccccc1)N1CCCC1. The molecule has 1 unspecified atom stereocenters. The Morgan fingerprint density at radius 3 is 2.47 bits per heavy atom. The number of hydrogen-bond acceptors (Lipinski definition) is 6. The Balaban J connectivity index is 1.29. The highest BCUT2D eigenvalue weighted by Crippen LogP contribution is 2.40. The molecule has 49 heavy (non-hydrogen) atoms. The van der Waals surface area contributed by atoms with Gasteiger partial charge in [0.05, 0.1) is 17.4 Å². The van der Waals surface area contributed by atoms with Crippen LogP contribution in [-0.2, 0) is 28.8 Å². The predicted molar refractivity (Wildman–Crippen MR) is 193 cm³/mol. The van der Waals surface area contributed by atoms with Gasteiger partial charge in [-0.15, -0.1) is 0 Å². The molecule has 2 fully saturated rings. The number of aryl methyl sites for hydroxylation is 1. The van der Waals surface area contributed by atoms with E-state index in [2.05, 4.69) is 39.9 Å². The molecule has 0 spiro atoms. The topological polar surface area (TPSA) is 85.7 Å². The van der Waals surface area contributed by atoms with Crippen LogP contribution >= 0.6 is 0 Å². The zero-order chi connectivity index (χ0) is 34.4. The molecular weight excluding hydrogens is 612 g/mol. The molecule has 1 saturated carbocycles. The Labute approximate surface area is 293 Å². The first kappa shape index (κ1) is 35.2. The van der Waals surface area contributed by atoms with Gasteiger partial charge in [0, 0.05) is 30.4 Å². The van der Waals surface area contributed by atoms with E-state index >= 15 is 0 Å². The summed E-state index contributed by atoms with van der Waals surface area (Å²) in [4.78, 5) is 34.6. The lowest BCUT2D eigenvalue weighted by Gasteiger charge is -2.37. The smallest absolute Gasteiger partial charge is 0.407 e. The first-order valence-corrected chi connectivity index (χ1v) is 18.8. The third kappa shape index (κ3) is 8.75. The first-order chi connectivity index (χ1) is 23.6. The molecule has 0 radical (unpaired) electrons. The Bertz CT molecular complexity index is 1570. The lowest BCUT2D eigenvalue weighted by Crippen LogP contribution is -2.44. The molecule has 264 valence electrons. The largest absolute Gasteiger partial charge is 0.444 e. The summed E-state index contributed by atoms with van der Waals surface area (Å²) in [6.07, 6.45) is 14.7. The van der Waals surface area contributed by atoms with E-state index in [0.29, 0.717) is 43.9 Å². The fourth-order valence-corrected chi connectivity index (χ4v) is 8.37. The van der Waals surface area contributed by atoms with Crippen molar-refractivity contribution >= 4 is 12.1 Å². The second-order valence-corrected chi connectivity index (χ2v) is 15.7. The average Bonchev–Trinajstić information content (AvgIpc) is 3.78. The van der Waals surface area contributed by atoms with E-state index < -0.39 is 17.1 Å². The predicted octanol–water partition coefficient (Wildman–Crippen LogP) is 8.33. The molecule has 3 aromatic rings. The Morgan fingerprint density at radius 2 is 1.73 bits per heavy atom. The summed E-state index contributed by atoms with van der Waals surface area (Å²) >= 11 is 0. The number of amides is 1. The Morgan fingerprint density at radius 1 is 0.980 bits per heavy atom. The molecule has 1 amide bonds. The zero-order valence-corrected chi connectivity index (χ0v) is 30.1. The molecule has 1 saturated heterocycles. The quantitative estimate of drug-likeness (QED) is 0.119. The van der Waals surface area contributed by atoms with Crippen LogP contribution in [-0.4, -0.2) is 57.8 Å². The van der Waals surface area contributed by atoms with Crippen LogP contribution < -0.4 is 10.1 Å². The molecule has 6 rings (SSSR count). The van der Waals surface area contributed by atoms with E-state index in [9.17, 15) is 9.59 Å². The number of nitrogens with zero attached hydrogens (tertiary/aromatic N) is 3. The first-order valence-electron chi connectivity index (χ1n) is 18.8. The van der Waals surface area contributed by atoms with Gasteiger partial charge in [0.15, 0.2) is 0 Å². The molecule has 1 N–H and O–H groups in total. The van der Waals surface area contributed by atoms with Crippen molar-refractivity contribution in [1.82, 2.24) is 19.8 Å². The minimum Gasteiger partial charge on any atom is -0.444 e. The standard InChI is InChI=1S/C41H56N4O4/c1-30(44-24-11-12-25-44)27-41(38(46)48-34-16-9-6-10-17-34,22-13-23-42-39(47)49-40(2,3)4)28-35-37-21-19-33-26-32(31-14-7-5-8-15-31)18-20-36(33)45(37)29-43-35/h6,9-10,16-18,20,26,29-31H,5,7-8,11-15,19,21-25,27-28H2,1-4H3,(H,42,47)/t30-,41?/m0/s1. The van der Waals surface area contributed by atoms with Gasteiger partial charge in [-0.3, -0.25) is 4.79 Å². The lowest BCUT2D eigenvalue weighted by molar-refractivity contribution is -0.148. The van der Waals surface area contributed by atoms with Gasteiger partial charge in [0.25, 0.3) is 0 Å². The number of benzene rings is 2. The van der Waals surface area contributed by atoms with Gasteiger partial charge >= 0.3 is 12.1 Å². The summed E-state index contributed by atoms with van der Waals surface area (Å²) in [6.45, 7) is 10.3. The van der Waals surface area contributed by atoms with E-state index in [1.807, 2.05) is 57.4 Å². The highest BCUT2D eigenvalue weighted by molar-refractivity contribution is 5.80. The number of rotatable bonds is 12. The number of hydrogen-bond donors (Lipinski definition) is 1. The summed E-state index contributed by atoms with van der Waals surface area (Å²) in [5, 5.41) is 2.91. The van der Waals surface area contributed by atoms with Crippen molar-refractivity contribution in [2.45, 2.75) is 129 Å². The van der Waals surface area contributed by atoms with E-state index in [1.54, 1.807) is 0 Å². The number of para-hydroxylation sites is 1. The van der Waals surface area contributed by atoms with Crippen molar-refractivity contribution in [3.63, 3.8) is 0 Å². The number of ether oxygens (including phenoxy) is 2. The van der Waals surface area contributed by atoms with Crippen molar-refractivity contribution in [2.75, 3.05) is 19.6 Å². The van der Waals surface area contributed by atoms with Crippen LogP contribution in [0.5, 0.6) is 5.75 Å². The summed E-state index contributed by atoms with van der Waals surface area (Å²) in [5.41, 5.74) is 4.84. The molecular formula is C41H56N4O4. The Kier molecular flexibility index (Phi) is 11.1. The molecule has 8 heteroatoms. The highest BCUT2D eigenvalue weighted by atomic mass is 16.6. The molecule has 2 aliphatic heterocycles. The third-order valence-corrected chi connectivity index (χ3v) is 10.9. The van der Waals surface area contributed by atoms with Crippen LogP contribution in [0.4, 0.5) is 4.79 Å². The van der Waals surface area contributed by atoms with E-state index in [4.69, 9.17) is 14.5 Å². The van der Waals surface area contributed by atoms with Crippen molar-refractivity contribution in [2.24, 2.45) is 5.41 Å². The maximum atomic E-state index is 14.6. The summed E-state index contributed by atoms with van der Waals surface area (Å²) in [6, 6.07) is 16.7. The van der Waals surface area contributed by atoms with Crippen LogP contribution in [0.15, 0.2) is 54.9 Å². The minimum atomic E-state index is -0.839. The van der Waals surface area contributed by atoms with E-state index in [1.165, 1.54) is 67.5 Å². The number of fused-ring (bicyclic) bond motifs is 3. The zero-order valence-electron chi connectivity index (χ0n) is 30.1. The number of alkyl carbamates (subject to hydrolysis) is 1. The van der Waals surface area contributed by atoms with Crippen LogP contribution in [0.2, 0.25) is 0 Å². The van der Waals surface area contributed by atoms with Crippen LogP contribution in [0.25, 0.3) is 5.69 Å². The van der Waals surface area contributed by atoms with Crippen LogP contribution in [0, 0.1) is 5.41 Å². The number of esters is 1. The lowest BCUT2D eigenvalue weighted by atomic mass is 9.73. The van der Waals surface area contributed by atoms with Gasteiger partial charge in [-0.05, 0) is 134 Å². The molecule has 3 aliphatic rings. The monoisotopic (exact) mass is 668 g/mol. The number of imidazole rings is 1. The normalized spacial score (nSPS) is 18.6. The van der Waals surface area contributed by atoms with Gasteiger partial charge in [-0.2, -0.15) is 0 Å². The Hall–Kier alpha value is -3.65. The van der Waals surface area contributed by atoms with Crippen molar-refractivity contribution in [1.29, 1.82) is 0 Å². The van der Waals surface area contributed by atoms with Crippen molar-refractivity contribution < 1.29 is 19.1 Å². The minimum absolute atomic E-state index is 0.196. The second kappa shape index (κ2) is 15.5. The molecule has 1 aromatic heterocycles. The second-order valence-electron chi connectivity index (χ2n) is 15.7. The highest BCUT2D eigenvalue weighted by Gasteiger charge is 2.44. The fourth-order valence-electron chi connectivity index (χ4n) is 8.37. The number of nitrogens with one attached hydrogen (secondary N) is 1. The number of aromatic nitrogens is 2. The number of carbonyl (C=O) groups is 2. The van der Waals surface area contributed by atoms with Gasteiger partial charge in [0.1, 0.15) is 11.4 Å². The summed E-state index contributed by atoms with van der Waals surface area (Å²) in [7, 11) is 0. The maximum absolute atomic E-state index is 14.6. The van der Waals surface area contributed by atoms with Gasteiger partial charge in [0.2, 0.25) is 0 Å². The molecule has 0 bridgehead atoms. The van der Waals surface area contributed by atoms with Crippen molar-refractivity contribution in [3.05, 3.63) is 77.4 Å². The fraction of sp³-hybridized carbons (Fsp3) is 0.585. The van der Waals surface area contributed by atoms with E-state index in [-0.39, 0.29) is 12.0 Å². The summed E-state index contributed by atoms with van der Waals surface area (Å²) < 4.78 is 14.0. The summed E-state index contributed by atoms with van der Waals surface area (Å²) in [5.74, 6) is 1.00. The van der Waals surface area contributed by atoms with E-state index in [0.717, 1.165) is 31.6 Å². The van der Waals surface area contributed by atoms with Crippen LogP contribution in [0.3, 0.4) is 0 Å². The maximum Gasteiger partial charge on any atom is 0.407 e. The number of carbonyl (C=O) groups excluding carboxylic acids is 2.